The topological polar surface area (TPSA) is 3.24 Å². The molecule has 0 aliphatic carbocycles. The van der Waals surface area contributed by atoms with Gasteiger partial charge >= 0.3 is 0 Å². The fraction of sp³-hybridized carbons (Fsp3) is 0.333. The second-order valence-electron chi connectivity index (χ2n) is 7.25. The van der Waals surface area contributed by atoms with Crippen LogP contribution < -0.4 is 4.90 Å². The van der Waals surface area contributed by atoms with Gasteiger partial charge in [0.25, 0.3) is 0 Å². The summed E-state index contributed by atoms with van der Waals surface area (Å²) < 4.78 is 0. The van der Waals surface area contributed by atoms with Gasteiger partial charge in [0.2, 0.25) is 0 Å². The highest BCUT2D eigenvalue weighted by Crippen LogP contribution is 2.49. The molecular weight excluding hydrogens is 266 g/mol. The number of fused-ring (bicyclic) bond motifs is 1. The summed E-state index contributed by atoms with van der Waals surface area (Å²) in [6.07, 6.45) is 7.99. The lowest BCUT2D eigenvalue weighted by molar-refractivity contribution is 0.504. The lowest BCUT2D eigenvalue weighted by Crippen LogP contribution is -2.47. The molecule has 0 spiro atoms. The summed E-state index contributed by atoms with van der Waals surface area (Å²) in [5.41, 5.74) is 5.00. The normalized spacial score (nSPS) is 20.9. The molecule has 116 valence electrons. The molecule has 2 rings (SSSR count). The molecular formula is C21H27N. The third-order valence-electron chi connectivity index (χ3n) is 4.24. The van der Waals surface area contributed by atoms with Crippen LogP contribution in [0.15, 0.2) is 73.0 Å². The standard InChI is InChI=1S/C21H27N/c1-8-12-16-18(13-9-2)22(20(3,4)5)19-15-11-10-14-17(19)21(16,6)7/h8-15H,1-2H2,3-7H3/b16-12+,18-13+. The minimum Gasteiger partial charge on any atom is -0.336 e. The number of hydrogen-bond acceptors (Lipinski definition) is 1. The first kappa shape index (κ1) is 16.4. The van der Waals surface area contributed by atoms with Crippen LogP contribution in [0.2, 0.25) is 0 Å². The van der Waals surface area contributed by atoms with Crippen LogP contribution in [0.5, 0.6) is 0 Å². The van der Waals surface area contributed by atoms with Crippen molar-refractivity contribution in [3.05, 3.63) is 78.6 Å². The Morgan fingerprint density at radius 2 is 1.59 bits per heavy atom. The van der Waals surface area contributed by atoms with Gasteiger partial charge in [0.05, 0.1) is 0 Å². The van der Waals surface area contributed by atoms with Crippen LogP contribution in [0.3, 0.4) is 0 Å². The molecule has 0 bridgehead atoms. The Morgan fingerprint density at radius 3 is 2.14 bits per heavy atom. The Bertz CT molecular complexity index is 651. The molecule has 1 nitrogen and oxygen atoms in total. The molecule has 1 heterocycles. The maximum atomic E-state index is 3.91. The highest BCUT2D eigenvalue weighted by Gasteiger charge is 2.41. The lowest BCUT2D eigenvalue weighted by Gasteiger charge is -2.49. The van der Waals surface area contributed by atoms with Gasteiger partial charge < -0.3 is 4.90 Å². The number of benzene rings is 1. The first-order valence-corrected chi connectivity index (χ1v) is 7.81. The molecule has 0 amide bonds. The summed E-state index contributed by atoms with van der Waals surface area (Å²) in [6.45, 7) is 19.1. The molecule has 22 heavy (non-hydrogen) atoms. The molecule has 1 aromatic carbocycles. The molecule has 0 saturated heterocycles. The van der Waals surface area contributed by atoms with Gasteiger partial charge in [0.15, 0.2) is 0 Å². The second-order valence-corrected chi connectivity index (χ2v) is 7.25. The van der Waals surface area contributed by atoms with E-state index in [9.17, 15) is 0 Å². The SMILES string of the molecule is C=C/C=C1\C(=C/C=C)N(C(C)(C)C)c2ccccc2C1(C)C. The van der Waals surface area contributed by atoms with Crippen molar-refractivity contribution < 1.29 is 0 Å². The van der Waals surface area contributed by atoms with Crippen molar-refractivity contribution in [2.24, 2.45) is 0 Å². The Kier molecular flexibility index (Phi) is 4.19. The summed E-state index contributed by atoms with van der Waals surface area (Å²) in [6, 6.07) is 8.68. The highest BCUT2D eigenvalue weighted by molar-refractivity contribution is 5.73. The predicted octanol–water partition coefficient (Wildman–Crippen LogP) is 5.77. The first-order chi connectivity index (χ1) is 10.2. The molecule has 1 heteroatoms. The van der Waals surface area contributed by atoms with E-state index in [4.69, 9.17) is 0 Å². The Hall–Kier alpha value is -2.02. The number of rotatable bonds is 2. The summed E-state index contributed by atoms with van der Waals surface area (Å²) in [4.78, 5) is 2.41. The summed E-state index contributed by atoms with van der Waals surface area (Å²) >= 11 is 0. The van der Waals surface area contributed by atoms with E-state index in [2.05, 4.69) is 89.1 Å². The van der Waals surface area contributed by atoms with Crippen LogP contribution in [0.1, 0.15) is 40.2 Å². The van der Waals surface area contributed by atoms with E-state index in [1.807, 2.05) is 12.2 Å². The smallest absolute Gasteiger partial charge is 0.0457 e. The van der Waals surface area contributed by atoms with Gasteiger partial charge in [-0.15, -0.1) is 0 Å². The van der Waals surface area contributed by atoms with Crippen LogP contribution >= 0.6 is 0 Å². The summed E-state index contributed by atoms with van der Waals surface area (Å²) in [5, 5.41) is 0. The third-order valence-corrected chi connectivity index (χ3v) is 4.24. The summed E-state index contributed by atoms with van der Waals surface area (Å²) in [5.74, 6) is 0. The van der Waals surface area contributed by atoms with Gasteiger partial charge in [-0.1, -0.05) is 63.4 Å². The largest absolute Gasteiger partial charge is 0.336 e. The Morgan fingerprint density at radius 1 is 1.00 bits per heavy atom. The van der Waals surface area contributed by atoms with Gasteiger partial charge in [-0.3, -0.25) is 0 Å². The molecule has 0 radical (unpaired) electrons. The number of nitrogens with zero attached hydrogens (tertiary/aromatic N) is 1. The van der Waals surface area contributed by atoms with E-state index < -0.39 is 0 Å². The number of hydrogen-bond donors (Lipinski definition) is 0. The van der Waals surface area contributed by atoms with Crippen LogP contribution in [0, 0.1) is 0 Å². The monoisotopic (exact) mass is 293 g/mol. The first-order valence-electron chi connectivity index (χ1n) is 7.81. The third kappa shape index (κ3) is 2.56. The minimum atomic E-state index is -0.0681. The molecule has 0 N–H and O–H groups in total. The zero-order valence-corrected chi connectivity index (χ0v) is 14.5. The van der Waals surface area contributed by atoms with Crippen LogP contribution in [0.4, 0.5) is 5.69 Å². The van der Waals surface area contributed by atoms with Gasteiger partial charge in [0, 0.05) is 22.3 Å². The van der Waals surface area contributed by atoms with E-state index in [1.165, 1.54) is 22.5 Å². The number of allylic oxidation sites excluding steroid dienone is 5. The molecule has 0 unspecified atom stereocenters. The van der Waals surface area contributed by atoms with Crippen molar-refractivity contribution in [2.45, 2.75) is 45.6 Å². The fourth-order valence-corrected chi connectivity index (χ4v) is 3.32. The molecule has 0 fully saturated rings. The van der Waals surface area contributed by atoms with Gasteiger partial charge in [-0.2, -0.15) is 0 Å². The average Bonchev–Trinajstić information content (AvgIpc) is 2.42. The van der Waals surface area contributed by atoms with Crippen molar-refractivity contribution in [3.8, 4) is 0 Å². The highest BCUT2D eigenvalue weighted by atomic mass is 15.2. The number of para-hydroxylation sites is 1. The van der Waals surface area contributed by atoms with E-state index >= 15 is 0 Å². The molecule has 1 aliphatic heterocycles. The molecule has 1 aromatic rings. The van der Waals surface area contributed by atoms with Crippen molar-refractivity contribution in [1.82, 2.24) is 0 Å². The van der Waals surface area contributed by atoms with Crippen LogP contribution in [-0.4, -0.2) is 5.54 Å². The average molecular weight is 293 g/mol. The predicted molar refractivity (Wildman–Crippen MR) is 98.3 cm³/mol. The quantitative estimate of drug-likeness (QED) is 0.669. The maximum Gasteiger partial charge on any atom is 0.0457 e. The van der Waals surface area contributed by atoms with E-state index in [-0.39, 0.29) is 11.0 Å². The van der Waals surface area contributed by atoms with Crippen LogP contribution in [0.25, 0.3) is 0 Å². The molecule has 1 aliphatic rings. The van der Waals surface area contributed by atoms with Gasteiger partial charge in [-0.25, -0.2) is 0 Å². The van der Waals surface area contributed by atoms with E-state index in [1.54, 1.807) is 0 Å². The second kappa shape index (κ2) is 5.64. The van der Waals surface area contributed by atoms with Crippen molar-refractivity contribution in [2.75, 3.05) is 4.90 Å². The van der Waals surface area contributed by atoms with Gasteiger partial charge in [0.1, 0.15) is 0 Å². The van der Waals surface area contributed by atoms with Crippen molar-refractivity contribution >= 4 is 5.69 Å². The maximum absolute atomic E-state index is 3.91. The zero-order valence-electron chi connectivity index (χ0n) is 14.5. The van der Waals surface area contributed by atoms with E-state index in [0.717, 1.165) is 0 Å². The fourth-order valence-electron chi connectivity index (χ4n) is 3.32. The van der Waals surface area contributed by atoms with Crippen molar-refractivity contribution in [1.29, 1.82) is 0 Å². The number of anilines is 1. The van der Waals surface area contributed by atoms with Crippen molar-refractivity contribution in [3.63, 3.8) is 0 Å². The lowest BCUT2D eigenvalue weighted by atomic mass is 9.71. The molecule has 0 atom stereocenters. The van der Waals surface area contributed by atoms with Crippen LogP contribution in [-0.2, 0) is 5.41 Å². The Balaban J connectivity index is 2.88. The zero-order chi connectivity index (χ0) is 16.5. The molecule has 0 aromatic heterocycles. The van der Waals surface area contributed by atoms with E-state index in [0.29, 0.717) is 0 Å². The minimum absolute atomic E-state index is 0.0261. The Labute approximate surface area is 135 Å². The summed E-state index contributed by atoms with van der Waals surface area (Å²) in [7, 11) is 0. The molecule has 0 saturated carbocycles. The van der Waals surface area contributed by atoms with Gasteiger partial charge in [-0.05, 0) is 44.1 Å².